The monoisotopic (exact) mass is 520 g/mol. The SMILES string of the molecule is CCC(CNC(=NC)NCCC(=O)N1CCCCC1C)Oc1cccc(F)c1.I. The maximum Gasteiger partial charge on any atom is 0.224 e. The molecule has 2 atom stereocenters. The van der Waals surface area contributed by atoms with Crippen LogP contribution in [0, 0.1) is 5.82 Å². The highest BCUT2D eigenvalue weighted by molar-refractivity contribution is 14.0. The second-order valence-corrected chi connectivity index (χ2v) is 7.17. The van der Waals surface area contributed by atoms with Gasteiger partial charge in [0, 0.05) is 38.7 Å². The number of carbonyl (C=O) groups is 1. The van der Waals surface area contributed by atoms with Crippen LogP contribution in [0.1, 0.15) is 46.0 Å². The van der Waals surface area contributed by atoms with Gasteiger partial charge in [-0.05, 0) is 44.7 Å². The molecule has 1 aliphatic heterocycles. The maximum atomic E-state index is 13.3. The Labute approximate surface area is 190 Å². The third-order valence-corrected chi connectivity index (χ3v) is 5.03. The van der Waals surface area contributed by atoms with Crippen LogP contribution in [0.2, 0.25) is 0 Å². The Balaban J connectivity index is 0.00000420. The number of aliphatic imine (C=N–C) groups is 1. The first kappa shape index (κ1) is 25.5. The lowest BCUT2D eigenvalue weighted by molar-refractivity contribution is -0.134. The minimum Gasteiger partial charge on any atom is -0.489 e. The average Bonchev–Trinajstić information content (AvgIpc) is 2.69. The number of piperidine rings is 1. The Morgan fingerprint density at radius 3 is 2.83 bits per heavy atom. The number of nitrogens with one attached hydrogen (secondary N) is 2. The normalized spacial score (nSPS) is 17.9. The predicted octanol–water partition coefficient (Wildman–Crippen LogP) is 3.56. The van der Waals surface area contributed by atoms with Crippen molar-refractivity contribution in [3.8, 4) is 5.75 Å². The quantitative estimate of drug-likeness (QED) is 0.313. The number of nitrogens with zero attached hydrogens (tertiary/aromatic N) is 2. The molecule has 29 heavy (non-hydrogen) atoms. The second kappa shape index (κ2) is 13.6. The predicted molar refractivity (Wildman–Crippen MR) is 126 cm³/mol. The first-order chi connectivity index (χ1) is 13.5. The summed E-state index contributed by atoms with van der Waals surface area (Å²) in [4.78, 5) is 18.6. The first-order valence-corrected chi connectivity index (χ1v) is 10.2. The number of rotatable bonds is 8. The molecule has 1 aliphatic rings. The molecular formula is C21H34FIN4O2. The van der Waals surface area contributed by atoms with Gasteiger partial charge in [-0.2, -0.15) is 0 Å². The van der Waals surface area contributed by atoms with Crippen molar-refractivity contribution < 1.29 is 13.9 Å². The summed E-state index contributed by atoms with van der Waals surface area (Å²) < 4.78 is 19.1. The lowest BCUT2D eigenvalue weighted by Crippen LogP contribution is -2.45. The summed E-state index contributed by atoms with van der Waals surface area (Å²) in [5.41, 5.74) is 0. The van der Waals surface area contributed by atoms with Gasteiger partial charge in [0.2, 0.25) is 5.91 Å². The number of benzene rings is 1. The van der Waals surface area contributed by atoms with Gasteiger partial charge in [-0.1, -0.05) is 13.0 Å². The van der Waals surface area contributed by atoms with Crippen LogP contribution in [-0.2, 0) is 4.79 Å². The van der Waals surface area contributed by atoms with Gasteiger partial charge in [-0.15, -0.1) is 24.0 Å². The van der Waals surface area contributed by atoms with Crippen molar-refractivity contribution in [2.24, 2.45) is 4.99 Å². The molecule has 164 valence electrons. The van der Waals surface area contributed by atoms with Crippen molar-refractivity contribution in [2.75, 3.05) is 26.7 Å². The zero-order chi connectivity index (χ0) is 20.4. The van der Waals surface area contributed by atoms with Gasteiger partial charge in [-0.25, -0.2) is 4.39 Å². The van der Waals surface area contributed by atoms with Crippen LogP contribution in [-0.4, -0.2) is 55.6 Å². The zero-order valence-electron chi connectivity index (χ0n) is 17.6. The fourth-order valence-electron chi connectivity index (χ4n) is 3.33. The highest BCUT2D eigenvalue weighted by Crippen LogP contribution is 2.17. The summed E-state index contributed by atoms with van der Waals surface area (Å²) in [6.45, 7) is 6.06. The lowest BCUT2D eigenvalue weighted by Gasteiger charge is -2.33. The molecule has 0 spiro atoms. The van der Waals surface area contributed by atoms with Crippen molar-refractivity contribution in [1.82, 2.24) is 15.5 Å². The fourth-order valence-corrected chi connectivity index (χ4v) is 3.33. The smallest absolute Gasteiger partial charge is 0.224 e. The Morgan fingerprint density at radius 2 is 2.17 bits per heavy atom. The highest BCUT2D eigenvalue weighted by Gasteiger charge is 2.22. The molecular weight excluding hydrogens is 486 g/mol. The number of amides is 1. The fraction of sp³-hybridized carbons (Fsp3) is 0.619. The molecule has 1 fully saturated rings. The maximum absolute atomic E-state index is 13.3. The van der Waals surface area contributed by atoms with Crippen LogP contribution < -0.4 is 15.4 Å². The molecule has 0 saturated carbocycles. The van der Waals surface area contributed by atoms with Gasteiger partial charge in [0.15, 0.2) is 5.96 Å². The van der Waals surface area contributed by atoms with E-state index in [2.05, 4.69) is 22.5 Å². The largest absolute Gasteiger partial charge is 0.489 e. The number of hydrogen-bond acceptors (Lipinski definition) is 3. The zero-order valence-corrected chi connectivity index (χ0v) is 19.9. The molecule has 1 aromatic rings. The minimum absolute atomic E-state index is 0. The molecule has 2 N–H and O–H groups in total. The van der Waals surface area contributed by atoms with Crippen LogP contribution >= 0.6 is 24.0 Å². The summed E-state index contributed by atoms with van der Waals surface area (Å²) in [6.07, 6.45) is 4.49. The van der Waals surface area contributed by atoms with Crippen LogP contribution in [0.15, 0.2) is 29.3 Å². The Kier molecular flexibility index (Phi) is 11.9. The molecule has 2 unspecified atom stereocenters. The van der Waals surface area contributed by atoms with E-state index in [1.54, 1.807) is 19.2 Å². The van der Waals surface area contributed by atoms with E-state index in [4.69, 9.17) is 4.74 Å². The van der Waals surface area contributed by atoms with Crippen LogP contribution in [0.5, 0.6) is 5.75 Å². The van der Waals surface area contributed by atoms with Crippen molar-refractivity contribution in [3.63, 3.8) is 0 Å². The lowest BCUT2D eigenvalue weighted by atomic mass is 10.0. The molecule has 1 amide bonds. The third-order valence-electron chi connectivity index (χ3n) is 5.03. The Hall–Kier alpha value is -1.58. The van der Waals surface area contributed by atoms with E-state index < -0.39 is 0 Å². The molecule has 6 nitrogen and oxygen atoms in total. The summed E-state index contributed by atoms with van der Waals surface area (Å²) in [7, 11) is 1.69. The summed E-state index contributed by atoms with van der Waals surface area (Å²) in [5.74, 6) is 1.01. The average molecular weight is 520 g/mol. The van der Waals surface area contributed by atoms with E-state index in [9.17, 15) is 9.18 Å². The molecule has 0 radical (unpaired) electrons. The van der Waals surface area contributed by atoms with Gasteiger partial charge in [0.25, 0.3) is 0 Å². The number of guanidine groups is 1. The van der Waals surface area contributed by atoms with E-state index in [0.717, 1.165) is 25.8 Å². The molecule has 1 saturated heterocycles. The van der Waals surface area contributed by atoms with Crippen molar-refractivity contribution in [1.29, 1.82) is 0 Å². The molecule has 1 aromatic carbocycles. The molecule has 0 bridgehead atoms. The summed E-state index contributed by atoms with van der Waals surface area (Å²) in [5, 5.41) is 6.40. The highest BCUT2D eigenvalue weighted by atomic mass is 127. The molecule has 8 heteroatoms. The van der Waals surface area contributed by atoms with E-state index in [1.165, 1.54) is 18.6 Å². The van der Waals surface area contributed by atoms with Crippen molar-refractivity contribution >= 4 is 35.8 Å². The number of hydrogen-bond donors (Lipinski definition) is 2. The van der Waals surface area contributed by atoms with Crippen LogP contribution in [0.4, 0.5) is 4.39 Å². The van der Waals surface area contributed by atoms with Gasteiger partial charge in [0.05, 0.1) is 6.54 Å². The number of ether oxygens (including phenoxy) is 1. The first-order valence-electron chi connectivity index (χ1n) is 10.2. The molecule has 1 heterocycles. The van der Waals surface area contributed by atoms with Crippen LogP contribution in [0.3, 0.4) is 0 Å². The van der Waals surface area contributed by atoms with Gasteiger partial charge < -0.3 is 20.3 Å². The number of halogens is 2. The summed E-state index contributed by atoms with van der Waals surface area (Å²) >= 11 is 0. The third kappa shape index (κ3) is 8.76. The molecule has 2 rings (SSSR count). The second-order valence-electron chi connectivity index (χ2n) is 7.17. The topological polar surface area (TPSA) is 66.0 Å². The van der Waals surface area contributed by atoms with Crippen molar-refractivity contribution in [2.45, 2.75) is 58.1 Å². The van der Waals surface area contributed by atoms with Gasteiger partial charge in [0.1, 0.15) is 17.7 Å². The van der Waals surface area contributed by atoms with Gasteiger partial charge in [-0.3, -0.25) is 9.79 Å². The van der Waals surface area contributed by atoms with Gasteiger partial charge >= 0.3 is 0 Å². The van der Waals surface area contributed by atoms with E-state index in [-0.39, 0.29) is 41.8 Å². The molecule has 0 aromatic heterocycles. The number of likely N-dealkylation sites (tertiary alicyclic amines) is 1. The minimum atomic E-state index is -0.314. The van der Waals surface area contributed by atoms with E-state index in [1.807, 2.05) is 11.8 Å². The Morgan fingerprint density at radius 1 is 1.38 bits per heavy atom. The number of carbonyl (C=O) groups excluding carboxylic acids is 1. The summed E-state index contributed by atoms with van der Waals surface area (Å²) in [6, 6.07) is 6.48. The van der Waals surface area contributed by atoms with Crippen LogP contribution in [0.25, 0.3) is 0 Å². The standard InChI is InChI=1S/C21H33FN4O2.HI/c1-4-18(28-19-10-7-9-17(22)14-19)15-25-21(23-3)24-12-11-20(27)26-13-6-5-8-16(26)2;/h7,9-10,14,16,18H,4-6,8,11-13,15H2,1-3H3,(H2,23,24,25);1H. The van der Waals surface area contributed by atoms with E-state index >= 15 is 0 Å². The van der Waals surface area contributed by atoms with Crippen molar-refractivity contribution in [3.05, 3.63) is 30.1 Å². The van der Waals surface area contributed by atoms with E-state index in [0.29, 0.717) is 37.3 Å². The Bertz CT molecular complexity index is 659. The molecule has 0 aliphatic carbocycles.